The van der Waals surface area contributed by atoms with Crippen LogP contribution in [0, 0.1) is 0 Å². The molecule has 0 bridgehead atoms. The van der Waals surface area contributed by atoms with Crippen LogP contribution in [0.15, 0.2) is 0 Å². The van der Waals surface area contributed by atoms with Crippen molar-refractivity contribution in [2.24, 2.45) is 0 Å². The summed E-state index contributed by atoms with van der Waals surface area (Å²) in [5, 5.41) is 0. The molecule has 1 aliphatic heterocycles. The van der Waals surface area contributed by atoms with Gasteiger partial charge in [0.05, 0.1) is 26.4 Å². The van der Waals surface area contributed by atoms with Gasteiger partial charge in [0, 0.05) is 0 Å². The Kier molecular flexibility index (Phi) is 22.6. The molecule has 0 aromatic rings. The molecule has 0 aromatic heterocycles. The van der Waals surface area contributed by atoms with E-state index in [0.717, 1.165) is 26.4 Å². The Hall–Kier alpha value is 0.790. The second-order valence-electron chi connectivity index (χ2n) is 3.53. The molecule has 2 nitrogen and oxygen atoms in total. The fourth-order valence-electron chi connectivity index (χ4n) is 1.12. The molecule has 17 heavy (non-hydrogen) atoms. The Morgan fingerprint density at radius 3 is 1.24 bits per heavy atom. The van der Waals surface area contributed by atoms with Crippen molar-refractivity contribution in [2.45, 2.75) is 50.2 Å². The lowest BCUT2D eigenvalue weighted by molar-refractivity contribution is -0.0334. The first kappa shape index (κ1) is 20.1. The number of hydrogen-bond donors (Lipinski definition) is 0. The van der Waals surface area contributed by atoms with Gasteiger partial charge in [0.1, 0.15) is 0 Å². The zero-order chi connectivity index (χ0) is 13.4. The zero-order valence-electron chi connectivity index (χ0n) is 10.9. The highest BCUT2D eigenvalue weighted by molar-refractivity contribution is 6.63. The molecule has 0 N–H and O–H groups in total. The molecule has 0 saturated carbocycles. The standard InChI is InChI=1S/C7H16.C4H8O2.CHCl3/c1-3-5-7-6-4-2;1-2-6-4-3-5-1;2-1(3)4/h3-7H2,1-2H3;1-4H2;1H. The summed E-state index contributed by atoms with van der Waals surface area (Å²) in [4.78, 5) is 0. The Bertz CT molecular complexity index is 102. The van der Waals surface area contributed by atoms with E-state index >= 15 is 0 Å². The van der Waals surface area contributed by atoms with E-state index in [1.807, 2.05) is 0 Å². The number of alkyl halides is 3. The molecule has 0 unspecified atom stereocenters. The molecule has 106 valence electrons. The largest absolute Gasteiger partial charge is 0.377 e. The third kappa shape index (κ3) is 31.5. The summed E-state index contributed by atoms with van der Waals surface area (Å²) >= 11 is 14.4. The summed E-state index contributed by atoms with van der Waals surface area (Å²) in [7, 11) is 0. The summed E-state index contributed by atoms with van der Waals surface area (Å²) in [5.41, 5.74) is 0. The maximum atomic E-state index is 4.94. The molecular weight excluding hydrogens is 282 g/mol. The van der Waals surface area contributed by atoms with Gasteiger partial charge in [0.2, 0.25) is 0 Å². The molecular formula is C12H25Cl3O2. The predicted octanol–water partition coefficient (Wildman–Crippen LogP) is 5.00. The molecule has 0 atom stereocenters. The van der Waals surface area contributed by atoms with E-state index in [1.54, 1.807) is 0 Å². The molecule has 0 aromatic carbocycles. The van der Waals surface area contributed by atoms with Crippen molar-refractivity contribution in [1.82, 2.24) is 0 Å². The van der Waals surface area contributed by atoms with Crippen LogP contribution in [-0.2, 0) is 9.47 Å². The van der Waals surface area contributed by atoms with Gasteiger partial charge in [-0.3, -0.25) is 0 Å². The fraction of sp³-hybridized carbons (Fsp3) is 1.00. The first-order valence-corrected chi connectivity index (χ1v) is 7.53. The molecule has 1 rings (SSSR count). The van der Waals surface area contributed by atoms with Gasteiger partial charge in [0.15, 0.2) is 4.30 Å². The maximum Gasteiger partial charge on any atom is 0.180 e. The Morgan fingerprint density at radius 2 is 1.06 bits per heavy atom. The van der Waals surface area contributed by atoms with Crippen LogP contribution in [0.5, 0.6) is 0 Å². The highest BCUT2D eigenvalue weighted by Gasteiger charge is 1.94. The normalized spacial score (nSPS) is 14.5. The number of rotatable bonds is 4. The van der Waals surface area contributed by atoms with Gasteiger partial charge in [-0.2, -0.15) is 0 Å². The van der Waals surface area contributed by atoms with E-state index in [9.17, 15) is 0 Å². The van der Waals surface area contributed by atoms with E-state index in [-0.39, 0.29) is 0 Å². The van der Waals surface area contributed by atoms with Crippen LogP contribution < -0.4 is 0 Å². The van der Waals surface area contributed by atoms with Crippen molar-refractivity contribution >= 4 is 34.8 Å². The third-order valence-corrected chi connectivity index (χ3v) is 1.95. The SMILES string of the molecule is C1COCCO1.CCCCCCC.ClC(Cl)Cl. The minimum Gasteiger partial charge on any atom is -0.377 e. The molecule has 1 saturated heterocycles. The highest BCUT2D eigenvalue weighted by Crippen LogP contribution is 2.03. The highest BCUT2D eigenvalue weighted by atomic mass is 35.6. The average molecular weight is 308 g/mol. The topological polar surface area (TPSA) is 18.5 Å². The minimum atomic E-state index is -0.750. The van der Waals surface area contributed by atoms with E-state index in [2.05, 4.69) is 13.8 Å². The van der Waals surface area contributed by atoms with Crippen molar-refractivity contribution in [3.05, 3.63) is 0 Å². The van der Waals surface area contributed by atoms with E-state index in [4.69, 9.17) is 44.3 Å². The lowest BCUT2D eigenvalue weighted by Crippen LogP contribution is -2.16. The minimum absolute atomic E-state index is 0.750. The van der Waals surface area contributed by atoms with Crippen LogP contribution in [0.25, 0.3) is 0 Å². The molecule has 0 aliphatic carbocycles. The first-order chi connectivity index (χ1) is 8.15. The van der Waals surface area contributed by atoms with Crippen molar-refractivity contribution in [1.29, 1.82) is 0 Å². The molecule has 5 heteroatoms. The molecule has 1 fully saturated rings. The van der Waals surface area contributed by atoms with Crippen molar-refractivity contribution in [3.8, 4) is 0 Å². The molecule has 0 amide bonds. The Morgan fingerprint density at radius 1 is 0.765 bits per heavy atom. The van der Waals surface area contributed by atoms with E-state index in [1.165, 1.54) is 32.1 Å². The summed E-state index contributed by atoms with van der Waals surface area (Å²) in [6.45, 7) is 7.60. The van der Waals surface area contributed by atoms with Crippen LogP contribution in [-0.4, -0.2) is 30.7 Å². The summed E-state index contributed by atoms with van der Waals surface area (Å²) in [6, 6.07) is 0. The van der Waals surface area contributed by atoms with E-state index in [0.29, 0.717) is 0 Å². The average Bonchev–Trinajstić information content (AvgIpc) is 2.32. The van der Waals surface area contributed by atoms with Gasteiger partial charge >= 0.3 is 0 Å². The van der Waals surface area contributed by atoms with Gasteiger partial charge in [-0.1, -0.05) is 80.8 Å². The van der Waals surface area contributed by atoms with Gasteiger partial charge in [-0.15, -0.1) is 0 Å². The van der Waals surface area contributed by atoms with Crippen molar-refractivity contribution in [2.75, 3.05) is 26.4 Å². The van der Waals surface area contributed by atoms with Crippen molar-refractivity contribution in [3.63, 3.8) is 0 Å². The first-order valence-electron chi connectivity index (χ1n) is 6.22. The number of unbranched alkanes of at least 4 members (excludes halogenated alkanes) is 4. The Balaban J connectivity index is 0. The van der Waals surface area contributed by atoms with Crippen LogP contribution in [0.2, 0.25) is 0 Å². The van der Waals surface area contributed by atoms with Gasteiger partial charge < -0.3 is 9.47 Å². The quantitative estimate of drug-likeness (QED) is 0.538. The number of halogens is 3. The molecule has 1 heterocycles. The third-order valence-electron chi connectivity index (χ3n) is 1.95. The molecule has 1 aliphatic rings. The second kappa shape index (κ2) is 19.1. The lowest BCUT2D eigenvalue weighted by Gasteiger charge is -2.09. The summed E-state index contributed by atoms with van der Waals surface area (Å²) in [5.74, 6) is 0. The van der Waals surface area contributed by atoms with Gasteiger partial charge in [-0.05, 0) is 0 Å². The van der Waals surface area contributed by atoms with Crippen LogP contribution in [0.1, 0.15) is 46.0 Å². The maximum absolute atomic E-state index is 4.94. The summed E-state index contributed by atoms with van der Waals surface area (Å²) < 4.78 is 9.14. The lowest BCUT2D eigenvalue weighted by atomic mass is 10.2. The number of ether oxygens (including phenoxy) is 2. The Labute approximate surface area is 121 Å². The zero-order valence-corrected chi connectivity index (χ0v) is 13.2. The number of hydrogen-bond acceptors (Lipinski definition) is 2. The smallest absolute Gasteiger partial charge is 0.180 e. The molecule has 0 spiro atoms. The predicted molar refractivity (Wildman–Crippen MR) is 77.4 cm³/mol. The van der Waals surface area contributed by atoms with Gasteiger partial charge in [-0.25, -0.2) is 0 Å². The fourth-order valence-corrected chi connectivity index (χ4v) is 1.12. The van der Waals surface area contributed by atoms with E-state index < -0.39 is 4.30 Å². The van der Waals surface area contributed by atoms with Crippen LogP contribution in [0.4, 0.5) is 0 Å². The van der Waals surface area contributed by atoms with Crippen LogP contribution >= 0.6 is 34.8 Å². The summed E-state index contributed by atoms with van der Waals surface area (Å²) in [6.07, 6.45) is 7.01. The molecule has 0 radical (unpaired) electrons. The monoisotopic (exact) mass is 306 g/mol. The van der Waals surface area contributed by atoms with Gasteiger partial charge in [0.25, 0.3) is 0 Å². The second-order valence-corrected chi connectivity index (χ2v) is 5.51. The van der Waals surface area contributed by atoms with Crippen LogP contribution in [0.3, 0.4) is 0 Å². The van der Waals surface area contributed by atoms with Crippen molar-refractivity contribution < 1.29 is 9.47 Å².